The van der Waals surface area contributed by atoms with Gasteiger partial charge in [0.25, 0.3) is 0 Å². The highest BCUT2D eigenvalue weighted by Crippen LogP contribution is 2.50. The highest BCUT2D eigenvalue weighted by molar-refractivity contribution is 5.89. The molecule has 0 bridgehead atoms. The van der Waals surface area contributed by atoms with Gasteiger partial charge in [0.05, 0.1) is 10.9 Å². The maximum atomic E-state index is 12.3. The van der Waals surface area contributed by atoms with Crippen molar-refractivity contribution in [3.05, 3.63) is 30.1 Å². The van der Waals surface area contributed by atoms with Crippen LogP contribution in [0.4, 0.5) is 22.4 Å². The van der Waals surface area contributed by atoms with Gasteiger partial charge in [-0.3, -0.25) is 5.10 Å². The number of H-pyrrole nitrogens is 1. The molecule has 10 nitrogen and oxygen atoms in total. The van der Waals surface area contributed by atoms with Crippen molar-refractivity contribution in [3.8, 4) is 0 Å². The zero-order chi connectivity index (χ0) is 21.8. The van der Waals surface area contributed by atoms with E-state index in [9.17, 15) is 4.79 Å². The molecule has 3 N–H and O–H groups in total. The van der Waals surface area contributed by atoms with Crippen molar-refractivity contribution in [1.29, 1.82) is 0 Å². The van der Waals surface area contributed by atoms with Gasteiger partial charge in [0.15, 0.2) is 11.5 Å². The standard InChI is InChI=1S/C21H26N8O2/c1-12-8-15(28-27-12)23-17-14-6-5-7-22-16(14)24-18(25-17)29-10-13-9-21(13,11-29)26-19(30)31-20(2,3)4/h5-8,13H,9-11H2,1-4H3,(H,26,30)(H2,22,23,24,25,27,28)/t13-,21-/m0/s1. The summed E-state index contributed by atoms with van der Waals surface area (Å²) >= 11 is 0. The minimum atomic E-state index is -0.526. The molecule has 1 saturated heterocycles. The molecule has 0 spiro atoms. The lowest BCUT2D eigenvalue weighted by atomic mass is 10.2. The molecule has 4 heterocycles. The number of hydrogen-bond acceptors (Lipinski definition) is 8. The number of hydrogen-bond donors (Lipinski definition) is 3. The summed E-state index contributed by atoms with van der Waals surface area (Å²) in [5.74, 6) is 2.26. The number of carbonyl (C=O) groups excluding carboxylic acids is 1. The van der Waals surface area contributed by atoms with E-state index in [1.807, 2.05) is 45.9 Å². The third-order valence-corrected chi connectivity index (χ3v) is 5.59. The molecule has 1 amide bonds. The molecule has 162 valence electrons. The number of rotatable bonds is 4. The Balaban J connectivity index is 1.39. The minimum Gasteiger partial charge on any atom is -0.444 e. The molecular formula is C21H26N8O2. The number of aryl methyl sites for hydroxylation is 1. The van der Waals surface area contributed by atoms with E-state index >= 15 is 0 Å². The Morgan fingerprint density at radius 3 is 2.94 bits per heavy atom. The number of carbonyl (C=O) groups is 1. The first kappa shape index (κ1) is 19.5. The van der Waals surface area contributed by atoms with Crippen molar-refractivity contribution in [2.45, 2.75) is 45.3 Å². The number of pyridine rings is 1. The molecule has 5 rings (SSSR count). The Morgan fingerprint density at radius 1 is 1.35 bits per heavy atom. The van der Waals surface area contributed by atoms with Crippen molar-refractivity contribution in [2.75, 3.05) is 23.3 Å². The number of ether oxygens (including phenoxy) is 1. The zero-order valence-electron chi connectivity index (χ0n) is 18.1. The highest BCUT2D eigenvalue weighted by atomic mass is 16.6. The number of amides is 1. The van der Waals surface area contributed by atoms with Gasteiger partial charge in [-0.05, 0) is 46.2 Å². The van der Waals surface area contributed by atoms with E-state index in [4.69, 9.17) is 9.72 Å². The molecule has 10 heteroatoms. The van der Waals surface area contributed by atoms with Crippen LogP contribution < -0.4 is 15.5 Å². The molecule has 0 unspecified atom stereocenters. The number of piperidine rings is 1. The second kappa shape index (κ2) is 6.79. The Bertz CT molecular complexity index is 1150. The van der Waals surface area contributed by atoms with Crippen LogP contribution in [-0.4, -0.2) is 55.5 Å². The fourth-order valence-corrected chi connectivity index (χ4v) is 4.13. The van der Waals surface area contributed by atoms with Gasteiger partial charge in [-0.15, -0.1) is 0 Å². The van der Waals surface area contributed by atoms with Gasteiger partial charge in [-0.1, -0.05) is 0 Å². The second-order valence-corrected chi connectivity index (χ2v) is 9.37. The predicted octanol–water partition coefficient (Wildman–Crippen LogP) is 2.90. The van der Waals surface area contributed by atoms with Crippen LogP contribution in [0.15, 0.2) is 24.4 Å². The summed E-state index contributed by atoms with van der Waals surface area (Å²) in [7, 11) is 0. The van der Waals surface area contributed by atoms with Gasteiger partial charge in [-0.2, -0.15) is 15.1 Å². The molecule has 2 aliphatic rings. The number of fused-ring (bicyclic) bond motifs is 2. The molecule has 2 fully saturated rings. The first-order valence-electron chi connectivity index (χ1n) is 10.4. The van der Waals surface area contributed by atoms with E-state index in [0.29, 0.717) is 35.7 Å². The zero-order valence-corrected chi connectivity index (χ0v) is 18.1. The van der Waals surface area contributed by atoms with E-state index in [1.165, 1.54) is 0 Å². The van der Waals surface area contributed by atoms with Gasteiger partial charge < -0.3 is 20.3 Å². The number of aromatic nitrogens is 5. The van der Waals surface area contributed by atoms with Gasteiger partial charge in [0, 0.05) is 37.0 Å². The first-order valence-corrected chi connectivity index (χ1v) is 10.4. The lowest BCUT2D eigenvalue weighted by Gasteiger charge is -2.24. The van der Waals surface area contributed by atoms with Gasteiger partial charge in [0.2, 0.25) is 5.95 Å². The molecule has 1 aliphatic heterocycles. The maximum absolute atomic E-state index is 12.3. The summed E-state index contributed by atoms with van der Waals surface area (Å²) in [6, 6.07) is 5.70. The maximum Gasteiger partial charge on any atom is 0.408 e. The monoisotopic (exact) mass is 422 g/mol. The SMILES string of the molecule is Cc1cc(Nc2nc(N3C[C@@H]4C[C@]4(NC(=O)OC(C)(C)C)C3)nc3ncccc23)n[nH]1. The Labute approximate surface area is 179 Å². The Kier molecular flexibility index (Phi) is 4.28. The average molecular weight is 422 g/mol. The first-order chi connectivity index (χ1) is 14.7. The topological polar surface area (TPSA) is 121 Å². The average Bonchev–Trinajstić information content (AvgIpc) is 3.00. The number of nitrogens with zero attached hydrogens (tertiary/aromatic N) is 5. The summed E-state index contributed by atoms with van der Waals surface area (Å²) in [4.78, 5) is 28.3. The van der Waals surface area contributed by atoms with Crippen LogP contribution in [0.25, 0.3) is 11.0 Å². The molecule has 2 atom stereocenters. The number of aromatic amines is 1. The van der Waals surface area contributed by atoms with Gasteiger partial charge >= 0.3 is 6.09 Å². The fraction of sp³-hybridized carbons (Fsp3) is 0.476. The molecule has 3 aromatic heterocycles. The van der Waals surface area contributed by atoms with E-state index in [1.54, 1.807) is 6.20 Å². The van der Waals surface area contributed by atoms with Crippen molar-refractivity contribution >= 4 is 34.7 Å². The summed E-state index contributed by atoms with van der Waals surface area (Å²) in [5.41, 5.74) is 0.755. The molecule has 0 radical (unpaired) electrons. The van der Waals surface area contributed by atoms with Crippen LogP contribution in [0.1, 0.15) is 32.9 Å². The van der Waals surface area contributed by atoms with Crippen molar-refractivity contribution < 1.29 is 9.53 Å². The molecule has 0 aromatic carbocycles. The van der Waals surface area contributed by atoms with E-state index in [-0.39, 0.29) is 11.6 Å². The number of anilines is 3. The molecule has 1 aliphatic carbocycles. The van der Waals surface area contributed by atoms with E-state index < -0.39 is 5.60 Å². The normalized spacial score (nSPS) is 22.3. The largest absolute Gasteiger partial charge is 0.444 e. The van der Waals surface area contributed by atoms with Gasteiger partial charge in [-0.25, -0.2) is 9.78 Å². The van der Waals surface area contributed by atoms with Crippen molar-refractivity contribution in [3.63, 3.8) is 0 Å². The quantitative estimate of drug-likeness (QED) is 0.587. The van der Waals surface area contributed by atoms with Crippen LogP contribution in [0, 0.1) is 12.8 Å². The number of alkyl carbamates (subject to hydrolysis) is 1. The molecule has 31 heavy (non-hydrogen) atoms. The Morgan fingerprint density at radius 2 is 2.19 bits per heavy atom. The third kappa shape index (κ3) is 3.85. The summed E-state index contributed by atoms with van der Waals surface area (Å²) in [6.07, 6.45) is 2.27. The van der Waals surface area contributed by atoms with E-state index in [0.717, 1.165) is 24.0 Å². The third-order valence-electron chi connectivity index (χ3n) is 5.59. The second-order valence-electron chi connectivity index (χ2n) is 9.37. The van der Waals surface area contributed by atoms with Crippen LogP contribution >= 0.6 is 0 Å². The summed E-state index contributed by atoms with van der Waals surface area (Å²) in [6.45, 7) is 8.94. The predicted molar refractivity (Wildman–Crippen MR) is 116 cm³/mol. The van der Waals surface area contributed by atoms with Gasteiger partial charge in [0.1, 0.15) is 11.4 Å². The molecular weight excluding hydrogens is 396 g/mol. The van der Waals surface area contributed by atoms with E-state index in [2.05, 4.69) is 35.7 Å². The van der Waals surface area contributed by atoms with Crippen LogP contribution in [0.3, 0.4) is 0 Å². The number of nitrogens with one attached hydrogen (secondary N) is 3. The summed E-state index contributed by atoms with van der Waals surface area (Å²) in [5, 5.41) is 14.3. The Hall–Kier alpha value is -3.43. The van der Waals surface area contributed by atoms with Crippen LogP contribution in [0.2, 0.25) is 0 Å². The van der Waals surface area contributed by atoms with Crippen molar-refractivity contribution in [1.82, 2.24) is 30.5 Å². The van der Waals surface area contributed by atoms with Crippen LogP contribution in [0.5, 0.6) is 0 Å². The fourth-order valence-electron chi connectivity index (χ4n) is 4.13. The minimum absolute atomic E-state index is 0.280. The smallest absolute Gasteiger partial charge is 0.408 e. The highest BCUT2D eigenvalue weighted by Gasteiger charge is 2.62. The lowest BCUT2D eigenvalue weighted by Crippen LogP contribution is -2.44. The van der Waals surface area contributed by atoms with Crippen molar-refractivity contribution in [2.24, 2.45) is 5.92 Å². The summed E-state index contributed by atoms with van der Waals surface area (Å²) < 4.78 is 5.45. The molecule has 3 aromatic rings. The molecule has 1 saturated carbocycles. The van der Waals surface area contributed by atoms with Crippen LogP contribution in [-0.2, 0) is 4.74 Å². The lowest BCUT2D eigenvalue weighted by molar-refractivity contribution is 0.0498.